The zero-order valence-electron chi connectivity index (χ0n) is 20.8. The van der Waals surface area contributed by atoms with Gasteiger partial charge in [0.2, 0.25) is 17.7 Å². The molecular weight excluding hydrogens is 480 g/mol. The van der Waals surface area contributed by atoms with Gasteiger partial charge in [-0.15, -0.1) is 0 Å². The van der Waals surface area contributed by atoms with Crippen LogP contribution in [0.5, 0.6) is 0 Å². The van der Waals surface area contributed by atoms with E-state index in [0.717, 1.165) is 44.1 Å². The SMILES string of the molecule is O=C(CN1C(=O)N(CCCCC(=O)NC2CCCC2)C(=O)C2CCCCC21)NCc1ccccc1Cl. The Labute approximate surface area is 218 Å². The third kappa shape index (κ3) is 6.58. The molecule has 4 rings (SSSR count). The number of hydrogen-bond donors (Lipinski definition) is 2. The fourth-order valence-electron chi connectivity index (χ4n) is 5.73. The third-order valence-electron chi connectivity index (χ3n) is 7.69. The largest absolute Gasteiger partial charge is 0.353 e. The highest BCUT2D eigenvalue weighted by atomic mass is 35.5. The van der Waals surface area contributed by atoms with Crippen LogP contribution in [0.25, 0.3) is 0 Å². The number of hydrogen-bond acceptors (Lipinski definition) is 4. The van der Waals surface area contributed by atoms with Crippen LogP contribution in [0.1, 0.15) is 76.2 Å². The second kappa shape index (κ2) is 12.6. The summed E-state index contributed by atoms with van der Waals surface area (Å²) in [6.07, 6.45) is 9.36. The Hall–Kier alpha value is -2.61. The molecule has 0 aromatic heterocycles. The topological polar surface area (TPSA) is 98.8 Å². The van der Waals surface area contributed by atoms with Crippen molar-refractivity contribution in [3.8, 4) is 0 Å². The van der Waals surface area contributed by atoms with Gasteiger partial charge in [0.05, 0.1) is 5.92 Å². The van der Waals surface area contributed by atoms with Crippen LogP contribution in [0.2, 0.25) is 5.02 Å². The number of fused-ring (bicyclic) bond motifs is 1. The minimum Gasteiger partial charge on any atom is -0.353 e. The van der Waals surface area contributed by atoms with Crippen LogP contribution in [-0.2, 0) is 20.9 Å². The first-order chi connectivity index (χ1) is 17.4. The van der Waals surface area contributed by atoms with Gasteiger partial charge < -0.3 is 15.5 Å². The minimum absolute atomic E-state index is 0.0439. The van der Waals surface area contributed by atoms with E-state index < -0.39 is 6.03 Å². The second-order valence-corrected chi connectivity index (χ2v) is 10.6. The Balaban J connectivity index is 1.31. The maximum Gasteiger partial charge on any atom is 0.327 e. The molecule has 3 fully saturated rings. The fraction of sp³-hybridized carbons (Fsp3) is 0.630. The second-order valence-electron chi connectivity index (χ2n) is 10.2. The van der Waals surface area contributed by atoms with E-state index >= 15 is 0 Å². The lowest BCUT2D eigenvalue weighted by molar-refractivity contribution is -0.142. The number of halogens is 1. The summed E-state index contributed by atoms with van der Waals surface area (Å²) in [5, 5.41) is 6.52. The summed E-state index contributed by atoms with van der Waals surface area (Å²) in [7, 11) is 0. The first-order valence-electron chi connectivity index (χ1n) is 13.4. The van der Waals surface area contributed by atoms with Crippen molar-refractivity contribution in [1.82, 2.24) is 20.4 Å². The first kappa shape index (κ1) is 26.5. The molecule has 196 valence electrons. The highest BCUT2D eigenvalue weighted by Gasteiger charge is 2.47. The molecule has 2 saturated carbocycles. The number of rotatable bonds is 10. The Morgan fingerprint density at radius 2 is 1.67 bits per heavy atom. The van der Waals surface area contributed by atoms with Crippen LogP contribution in [0, 0.1) is 5.92 Å². The maximum atomic E-state index is 13.4. The third-order valence-corrected chi connectivity index (χ3v) is 8.06. The van der Waals surface area contributed by atoms with Crippen molar-refractivity contribution >= 4 is 35.4 Å². The highest BCUT2D eigenvalue weighted by molar-refractivity contribution is 6.31. The van der Waals surface area contributed by atoms with Crippen molar-refractivity contribution in [3.63, 3.8) is 0 Å². The average Bonchev–Trinajstić information content (AvgIpc) is 3.38. The Kier molecular flexibility index (Phi) is 9.24. The number of carbonyl (C=O) groups is 4. The van der Waals surface area contributed by atoms with Crippen molar-refractivity contribution in [3.05, 3.63) is 34.9 Å². The van der Waals surface area contributed by atoms with Crippen LogP contribution >= 0.6 is 11.6 Å². The number of nitrogens with one attached hydrogen (secondary N) is 2. The molecule has 1 saturated heterocycles. The summed E-state index contributed by atoms with van der Waals surface area (Å²) in [4.78, 5) is 54.4. The minimum atomic E-state index is -0.397. The predicted octanol–water partition coefficient (Wildman–Crippen LogP) is 4.01. The van der Waals surface area contributed by atoms with E-state index in [1.807, 2.05) is 18.2 Å². The van der Waals surface area contributed by atoms with Crippen molar-refractivity contribution in [2.45, 2.75) is 89.3 Å². The molecule has 2 unspecified atom stereocenters. The van der Waals surface area contributed by atoms with E-state index in [-0.39, 0.29) is 49.3 Å². The van der Waals surface area contributed by atoms with Crippen LogP contribution in [0.4, 0.5) is 4.79 Å². The molecule has 8 nitrogen and oxygen atoms in total. The smallest absolute Gasteiger partial charge is 0.327 e. The van der Waals surface area contributed by atoms with E-state index in [2.05, 4.69) is 10.6 Å². The predicted molar refractivity (Wildman–Crippen MR) is 137 cm³/mol. The van der Waals surface area contributed by atoms with Gasteiger partial charge in [-0.3, -0.25) is 19.3 Å². The number of imide groups is 1. The first-order valence-corrected chi connectivity index (χ1v) is 13.7. The zero-order valence-corrected chi connectivity index (χ0v) is 21.6. The summed E-state index contributed by atoms with van der Waals surface area (Å²) in [5.74, 6) is -0.626. The lowest BCUT2D eigenvalue weighted by atomic mass is 9.81. The summed E-state index contributed by atoms with van der Waals surface area (Å²) >= 11 is 6.19. The highest BCUT2D eigenvalue weighted by Crippen LogP contribution is 2.34. The quantitative estimate of drug-likeness (QED) is 0.459. The molecule has 2 atom stereocenters. The molecule has 2 aliphatic carbocycles. The van der Waals surface area contributed by atoms with E-state index in [1.165, 1.54) is 17.7 Å². The molecule has 1 heterocycles. The summed E-state index contributed by atoms with van der Waals surface area (Å²) in [6, 6.07) is 6.96. The number of nitrogens with zero attached hydrogens (tertiary/aromatic N) is 2. The van der Waals surface area contributed by atoms with Gasteiger partial charge in [0.15, 0.2) is 0 Å². The van der Waals surface area contributed by atoms with Crippen LogP contribution in [0.3, 0.4) is 0 Å². The standard InChI is InChI=1S/C27H37ClN4O4/c28-22-13-5-1-9-19(22)17-29-25(34)18-32-23-14-6-4-12-21(23)26(35)31(27(32)36)16-8-7-15-24(33)30-20-10-2-3-11-20/h1,5,9,13,20-21,23H,2-4,6-8,10-12,14-18H2,(H,29,34)(H,30,33). The summed E-state index contributed by atoms with van der Waals surface area (Å²) in [6.45, 7) is 0.466. The molecule has 2 N–H and O–H groups in total. The van der Waals surface area contributed by atoms with E-state index in [0.29, 0.717) is 30.3 Å². The number of carbonyl (C=O) groups excluding carboxylic acids is 4. The van der Waals surface area contributed by atoms with Gasteiger partial charge in [-0.1, -0.05) is 55.5 Å². The van der Waals surface area contributed by atoms with Gasteiger partial charge in [0.25, 0.3) is 0 Å². The van der Waals surface area contributed by atoms with E-state index in [9.17, 15) is 19.2 Å². The number of unbranched alkanes of at least 4 members (excludes halogenated alkanes) is 1. The molecule has 0 spiro atoms. The van der Waals surface area contributed by atoms with E-state index in [1.54, 1.807) is 11.0 Å². The lowest BCUT2D eigenvalue weighted by Gasteiger charge is -2.46. The molecule has 0 radical (unpaired) electrons. The van der Waals surface area contributed by atoms with Gasteiger partial charge in [0.1, 0.15) is 6.54 Å². The molecule has 0 bridgehead atoms. The Bertz CT molecular complexity index is 965. The van der Waals surface area contributed by atoms with Crippen molar-refractivity contribution in [2.75, 3.05) is 13.1 Å². The van der Waals surface area contributed by atoms with Gasteiger partial charge in [-0.05, 0) is 50.2 Å². The molecule has 36 heavy (non-hydrogen) atoms. The summed E-state index contributed by atoms with van der Waals surface area (Å²) in [5.41, 5.74) is 0.807. The molecule has 3 aliphatic rings. The van der Waals surface area contributed by atoms with E-state index in [4.69, 9.17) is 11.6 Å². The van der Waals surface area contributed by atoms with Gasteiger partial charge >= 0.3 is 6.03 Å². The Morgan fingerprint density at radius 3 is 2.44 bits per heavy atom. The maximum absolute atomic E-state index is 13.4. The van der Waals surface area contributed by atoms with Crippen molar-refractivity contribution in [2.24, 2.45) is 5.92 Å². The number of urea groups is 1. The van der Waals surface area contributed by atoms with Crippen LogP contribution < -0.4 is 10.6 Å². The molecule has 1 aromatic rings. The van der Waals surface area contributed by atoms with Gasteiger partial charge in [-0.2, -0.15) is 0 Å². The zero-order chi connectivity index (χ0) is 25.5. The number of amides is 5. The fourth-order valence-corrected chi connectivity index (χ4v) is 5.93. The van der Waals surface area contributed by atoms with Crippen LogP contribution in [-0.4, -0.2) is 58.7 Å². The molecular formula is C27H37ClN4O4. The lowest BCUT2D eigenvalue weighted by Crippen LogP contribution is -2.63. The normalized spacial score (nSPS) is 22.5. The Morgan fingerprint density at radius 1 is 0.944 bits per heavy atom. The monoisotopic (exact) mass is 516 g/mol. The molecule has 9 heteroatoms. The molecule has 1 aliphatic heterocycles. The van der Waals surface area contributed by atoms with Crippen molar-refractivity contribution < 1.29 is 19.2 Å². The average molecular weight is 517 g/mol. The molecule has 1 aromatic carbocycles. The van der Waals surface area contributed by atoms with Gasteiger partial charge in [-0.25, -0.2) is 4.79 Å². The van der Waals surface area contributed by atoms with Crippen molar-refractivity contribution in [1.29, 1.82) is 0 Å². The van der Waals surface area contributed by atoms with Crippen LogP contribution in [0.15, 0.2) is 24.3 Å². The molecule has 5 amide bonds. The van der Waals surface area contributed by atoms with Gasteiger partial charge in [0, 0.05) is 36.6 Å². The number of benzene rings is 1. The summed E-state index contributed by atoms with van der Waals surface area (Å²) < 4.78 is 0.